The van der Waals surface area contributed by atoms with Gasteiger partial charge in [-0.05, 0) is 43.3 Å². The number of nitrogens with one attached hydrogen (secondary N) is 1. The molecule has 0 heterocycles. The number of carbonyl (C=O) groups excluding carboxylic acids is 1. The van der Waals surface area contributed by atoms with Gasteiger partial charge in [-0.3, -0.25) is 0 Å². The third kappa shape index (κ3) is 3.89. The molecule has 0 unspecified atom stereocenters. The molecular formula is C15H14BrClN2O2. The highest BCUT2D eigenvalue weighted by molar-refractivity contribution is 9.10. The van der Waals surface area contributed by atoms with Crippen LogP contribution in [0.25, 0.3) is 0 Å². The largest absolute Gasteiger partial charge is 0.462 e. The smallest absolute Gasteiger partial charge is 0.338 e. The molecule has 0 aliphatic rings. The average Bonchev–Trinajstić information content (AvgIpc) is 2.45. The van der Waals surface area contributed by atoms with E-state index >= 15 is 0 Å². The van der Waals surface area contributed by atoms with Crippen LogP contribution in [-0.2, 0) is 4.74 Å². The van der Waals surface area contributed by atoms with Gasteiger partial charge >= 0.3 is 5.97 Å². The van der Waals surface area contributed by atoms with E-state index in [2.05, 4.69) is 21.2 Å². The second-order valence-corrected chi connectivity index (χ2v) is 5.59. The highest BCUT2D eigenvalue weighted by Gasteiger charge is 2.10. The topological polar surface area (TPSA) is 64.3 Å². The lowest BCUT2D eigenvalue weighted by Gasteiger charge is -2.12. The molecule has 0 saturated carbocycles. The highest BCUT2D eigenvalue weighted by atomic mass is 79.9. The first-order chi connectivity index (χ1) is 10.0. The fraction of sp³-hybridized carbons (Fsp3) is 0.133. The maximum atomic E-state index is 11.6. The van der Waals surface area contributed by atoms with Crippen LogP contribution in [0.5, 0.6) is 0 Å². The maximum absolute atomic E-state index is 11.6. The first kappa shape index (κ1) is 15.7. The van der Waals surface area contributed by atoms with Crippen LogP contribution in [0.3, 0.4) is 0 Å². The highest BCUT2D eigenvalue weighted by Crippen LogP contribution is 2.31. The van der Waals surface area contributed by atoms with Crippen molar-refractivity contribution >= 4 is 50.6 Å². The van der Waals surface area contributed by atoms with Gasteiger partial charge in [0.2, 0.25) is 0 Å². The van der Waals surface area contributed by atoms with Crippen LogP contribution in [0.1, 0.15) is 17.3 Å². The van der Waals surface area contributed by atoms with Gasteiger partial charge in [0.25, 0.3) is 0 Å². The van der Waals surface area contributed by atoms with Gasteiger partial charge < -0.3 is 15.8 Å². The molecule has 0 fully saturated rings. The Labute approximate surface area is 136 Å². The summed E-state index contributed by atoms with van der Waals surface area (Å²) in [5, 5.41) is 3.72. The number of rotatable bonds is 4. The Balaban J connectivity index is 2.25. The standard InChI is InChI=1S/C15H14BrClN2O2/c1-2-21-15(20)9-3-6-13(12(18)7-9)19-14-8-10(16)4-5-11(14)17/h3-8,19H,2,18H2,1H3. The van der Waals surface area contributed by atoms with Crippen molar-refractivity contribution in [2.75, 3.05) is 17.7 Å². The number of benzene rings is 2. The number of nitrogen functional groups attached to an aromatic ring is 1. The van der Waals surface area contributed by atoms with Crippen molar-refractivity contribution in [3.05, 3.63) is 51.5 Å². The summed E-state index contributed by atoms with van der Waals surface area (Å²) in [6.45, 7) is 2.08. The Bertz CT molecular complexity index is 677. The van der Waals surface area contributed by atoms with E-state index in [1.165, 1.54) is 0 Å². The molecule has 21 heavy (non-hydrogen) atoms. The lowest BCUT2D eigenvalue weighted by Crippen LogP contribution is -2.06. The lowest BCUT2D eigenvalue weighted by molar-refractivity contribution is 0.0526. The summed E-state index contributed by atoms with van der Waals surface area (Å²) in [6, 6.07) is 10.4. The molecule has 110 valence electrons. The monoisotopic (exact) mass is 368 g/mol. The van der Waals surface area contributed by atoms with E-state index in [9.17, 15) is 4.79 Å². The fourth-order valence-corrected chi connectivity index (χ4v) is 2.28. The third-order valence-corrected chi connectivity index (χ3v) is 3.58. The molecule has 0 bridgehead atoms. The normalized spacial score (nSPS) is 10.2. The van der Waals surface area contributed by atoms with E-state index in [4.69, 9.17) is 22.1 Å². The zero-order chi connectivity index (χ0) is 15.4. The van der Waals surface area contributed by atoms with Crippen LogP contribution in [0.2, 0.25) is 5.02 Å². The van der Waals surface area contributed by atoms with Crippen LogP contribution < -0.4 is 11.1 Å². The van der Waals surface area contributed by atoms with Gasteiger partial charge in [0, 0.05) is 4.47 Å². The minimum atomic E-state index is -0.392. The molecule has 2 aromatic carbocycles. The van der Waals surface area contributed by atoms with E-state index in [-0.39, 0.29) is 0 Å². The van der Waals surface area contributed by atoms with Crippen LogP contribution in [0, 0.1) is 0 Å². The Morgan fingerprint density at radius 2 is 2.05 bits per heavy atom. The average molecular weight is 370 g/mol. The number of carbonyl (C=O) groups is 1. The Kier molecular flexibility index (Phi) is 5.09. The van der Waals surface area contributed by atoms with Crippen LogP contribution in [0.4, 0.5) is 17.1 Å². The second kappa shape index (κ2) is 6.83. The quantitative estimate of drug-likeness (QED) is 0.610. The fourth-order valence-electron chi connectivity index (χ4n) is 1.76. The molecule has 0 aliphatic heterocycles. The van der Waals surface area contributed by atoms with Gasteiger partial charge in [0.15, 0.2) is 0 Å². The van der Waals surface area contributed by atoms with Gasteiger partial charge in [0.1, 0.15) is 0 Å². The van der Waals surface area contributed by atoms with Gasteiger partial charge in [0.05, 0.1) is 34.3 Å². The SMILES string of the molecule is CCOC(=O)c1ccc(Nc2cc(Br)ccc2Cl)c(N)c1. The van der Waals surface area contributed by atoms with E-state index in [1.54, 1.807) is 31.2 Å². The number of esters is 1. The van der Waals surface area contributed by atoms with E-state index < -0.39 is 5.97 Å². The van der Waals surface area contributed by atoms with Gasteiger partial charge in [-0.2, -0.15) is 0 Å². The molecule has 0 aliphatic carbocycles. The second-order valence-electron chi connectivity index (χ2n) is 4.27. The van der Waals surface area contributed by atoms with Crippen molar-refractivity contribution in [3.63, 3.8) is 0 Å². The predicted molar refractivity (Wildman–Crippen MR) is 89.2 cm³/mol. The maximum Gasteiger partial charge on any atom is 0.338 e. The third-order valence-electron chi connectivity index (χ3n) is 2.76. The summed E-state index contributed by atoms with van der Waals surface area (Å²) in [6.07, 6.45) is 0. The van der Waals surface area contributed by atoms with Crippen molar-refractivity contribution in [2.45, 2.75) is 6.92 Å². The van der Waals surface area contributed by atoms with Crippen molar-refractivity contribution in [2.24, 2.45) is 0 Å². The summed E-state index contributed by atoms with van der Waals surface area (Å²) >= 11 is 9.51. The summed E-state index contributed by atoms with van der Waals surface area (Å²) in [4.78, 5) is 11.6. The van der Waals surface area contributed by atoms with Crippen LogP contribution >= 0.6 is 27.5 Å². The number of nitrogens with two attached hydrogens (primary N) is 1. The summed E-state index contributed by atoms with van der Waals surface area (Å²) in [5.41, 5.74) is 8.22. The number of anilines is 3. The van der Waals surface area contributed by atoms with Crippen molar-refractivity contribution in [1.82, 2.24) is 0 Å². The molecule has 0 amide bonds. The zero-order valence-corrected chi connectivity index (χ0v) is 13.7. The first-order valence-electron chi connectivity index (χ1n) is 6.30. The molecule has 0 spiro atoms. The predicted octanol–water partition coefficient (Wildman–Crippen LogP) is 4.61. The molecule has 0 saturated heterocycles. The number of hydrogen-bond donors (Lipinski definition) is 2. The van der Waals surface area contributed by atoms with E-state index in [0.717, 1.165) is 10.2 Å². The molecule has 0 radical (unpaired) electrons. The molecule has 0 aromatic heterocycles. The Morgan fingerprint density at radius 1 is 1.29 bits per heavy atom. The van der Waals surface area contributed by atoms with Gasteiger partial charge in [-0.1, -0.05) is 27.5 Å². The molecular weight excluding hydrogens is 356 g/mol. The van der Waals surface area contributed by atoms with Crippen LogP contribution in [-0.4, -0.2) is 12.6 Å². The molecule has 0 atom stereocenters. The van der Waals surface area contributed by atoms with Crippen molar-refractivity contribution < 1.29 is 9.53 Å². The lowest BCUT2D eigenvalue weighted by atomic mass is 10.1. The first-order valence-corrected chi connectivity index (χ1v) is 7.47. The zero-order valence-electron chi connectivity index (χ0n) is 11.3. The summed E-state index contributed by atoms with van der Waals surface area (Å²) < 4.78 is 5.83. The van der Waals surface area contributed by atoms with E-state index in [1.807, 2.05) is 12.1 Å². The Morgan fingerprint density at radius 3 is 2.71 bits per heavy atom. The number of ether oxygens (including phenoxy) is 1. The summed E-state index contributed by atoms with van der Waals surface area (Å²) in [7, 11) is 0. The van der Waals surface area contributed by atoms with Crippen molar-refractivity contribution in [3.8, 4) is 0 Å². The molecule has 2 rings (SSSR count). The van der Waals surface area contributed by atoms with Crippen LogP contribution in [0.15, 0.2) is 40.9 Å². The van der Waals surface area contributed by atoms with Crippen molar-refractivity contribution in [1.29, 1.82) is 0 Å². The summed E-state index contributed by atoms with van der Waals surface area (Å²) in [5.74, 6) is -0.392. The van der Waals surface area contributed by atoms with Gasteiger partial charge in [-0.15, -0.1) is 0 Å². The molecule has 6 heteroatoms. The Hall–Kier alpha value is -1.72. The number of hydrogen-bond acceptors (Lipinski definition) is 4. The minimum Gasteiger partial charge on any atom is -0.462 e. The number of halogens is 2. The van der Waals surface area contributed by atoms with E-state index in [0.29, 0.717) is 28.6 Å². The van der Waals surface area contributed by atoms with Gasteiger partial charge in [-0.25, -0.2) is 4.79 Å². The molecule has 2 aromatic rings. The molecule has 3 N–H and O–H groups in total. The molecule has 4 nitrogen and oxygen atoms in total. The minimum absolute atomic E-state index is 0.326.